The van der Waals surface area contributed by atoms with Crippen LogP contribution in [0.5, 0.6) is 0 Å². The number of hydrogen-bond donors (Lipinski definition) is 2. The van der Waals surface area contributed by atoms with E-state index < -0.39 is 0 Å². The molecule has 0 saturated carbocycles. The van der Waals surface area contributed by atoms with E-state index in [0.717, 1.165) is 37.7 Å². The van der Waals surface area contributed by atoms with Crippen molar-refractivity contribution in [2.45, 2.75) is 51.9 Å². The number of aromatic nitrogens is 3. The van der Waals surface area contributed by atoms with Crippen molar-refractivity contribution in [3.63, 3.8) is 0 Å². The summed E-state index contributed by atoms with van der Waals surface area (Å²) in [5, 5.41) is 10.6. The molecule has 0 aromatic carbocycles. The highest BCUT2D eigenvalue weighted by Crippen LogP contribution is 2.16. The van der Waals surface area contributed by atoms with Gasteiger partial charge in [-0.2, -0.15) is 4.98 Å². The van der Waals surface area contributed by atoms with Crippen molar-refractivity contribution < 1.29 is 4.74 Å². The largest absolute Gasteiger partial charge is 0.368 e. The van der Waals surface area contributed by atoms with E-state index in [1.807, 2.05) is 27.8 Å². The maximum Gasteiger partial charge on any atom is 0.244 e. The third kappa shape index (κ3) is 4.18. The van der Waals surface area contributed by atoms with E-state index in [1.165, 1.54) is 0 Å². The van der Waals surface area contributed by atoms with Crippen molar-refractivity contribution in [3.05, 3.63) is 5.82 Å². The van der Waals surface area contributed by atoms with Gasteiger partial charge >= 0.3 is 0 Å². The Labute approximate surface area is 114 Å². The summed E-state index contributed by atoms with van der Waals surface area (Å²) in [6, 6.07) is 0.624. The number of nitrogens with zero attached hydrogens (tertiary/aromatic N) is 3. The van der Waals surface area contributed by atoms with E-state index in [4.69, 9.17) is 4.74 Å². The fraction of sp³-hybridized carbons (Fsp3) is 0.846. The first kappa shape index (κ1) is 14.3. The molecule has 1 fully saturated rings. The first-order chi connectivity index (χ1) is 8.98. The summed E-state index contributed by atoms with van der Waals surface area (Å²) in [5.41, 5.74) is -0.155. The highest BCUT2D eigenvalue weighted by Gasteiger charge is 2.21. The van der Waals surface area contributed by atoms with Crippen LogP contribution in [0.3, 0.4) is 0 Å². The Morgan fingerprint density at radius 2 is 2.05 bits per heavy atom. The van der Waals surface area contributed by atoms with Crippen molar-refractivity contribution in [3.8, 4) is 0 Å². The predicted octanol–water partition coefficient (Wildman–Crippen LogP) is 1.31. The first-order valence-electron chi connectivity index (χ1n) is 6.95. The number of aromatic amines is 1. The quantitative estimate of drug-likeness (QED) is 0.861. The molecule has 1 saturated heterocycles. The summed E-state index contributed by atoms with van der Waals surface area (Å²) in [7, 11) is 2.02. The van der Waals surface area contributed by atoms with Crippen LogP contribution >= 0.6 is 0 Å². The average Bonchev–Trinajstić information content (AvgIpc) is 2.84. The van der Waals surface area contributed by atoms with Crippen molar-refractivity contribution in [2.24, 2.45) is 0 Å². The molecule has 2 heterocycles. The molecule has 6 nitrogen and oxygen atoms in total. The fourth-order valence-electron chi connectivity index (χ4n) is 2.14. The van der Waals surface area contributed by atoms with E-state index in [-0.39, 0.29) is 5.60 Å². The van der Waals surface area contributed by atoms with E-state index in [0.29, 0.717) is 12.6 Å². The van der Waals surface area contributed by atoms with Gasteiger partial charge in [0, 0.05) is 19.1 Å². The molecule has 1 aliphatic heterocycles. The average molecular weight is 267 g/mol. The van der Waals surface area contributed by atoms with Crippen LogP contribution < -0.4 is 10.2 Å². The Morgan fingerprint density at radius 3 is 2.63 bits per heavy atom. The lowest BCUT2D eigenvalue weighted by Crippen LogP contribution is -2.41. The second-order valence-corrected chi connectivity index (χ2v) is 6.03. The molecule has 19 heavy (non-hydrogen) atoms. The van der Waals surface area contributed by atoms with Gasteiger partial charge in [0.05, 0.1) is 5.60 Å². The summed E-state index contributed by atoms with van der Waals surface area (Å²) in [4.78, 5) is 6.73. The summed E-state index contributed by atoms with van der Waals surface area (Å²) in [5.74, 6) is 1.59. The molecule has 0 aliphatic carbocycles. The Bertz CT molecular complexity index is 390. The molecule has 0 bridgehead atoms. The third-order valence-corrected chi connectivity index (χ3v) is 3.35. The number of rotatable bonds is 4. The zero-order valence-corrected chi connectivity index (χ0v) is 12.4. The smallest absolute Gasteiger partial charge is 0.244 e. The molecule has 2 N–H and O–H groups in total. The van der Waals surface area contributed by atoms with Crippen LogP contribution in [-0.4, -0.2) is 47.0 Å². The lowest BCUT2D eigenvalue weighted by Gasteiger charge is -2.30. The Hall–Kier alpha value is -1.14. The maximum atomic E-state index is 5.69. The second-order valence-electron chi connectivity index (χ2n) is 6.03. The zero-order valence-electron chi connectivity index (χ0n) is 12.4. The van der Waals surface area contributed by atoms with E-state index in [2.05, 4.69) is 25.4 Å². The molecule has 2 rings (SSSR count). The summed E-state index contributed by atoms with van der Waals surface area (Å²) < 4.78 is 5.69. The van der Waals surface area contributed by atoms with E-state index in [9.17, 15) is 0 Å². The molecule has 0 radical (unpaired) electrons. The highest BCUT2D eigenvalue weighted by molar-refractivity contribution is 5.29. The number of nitrogens with one attached hydrogen (secondary N) is 2. The number of H-pyrrole nitrogens is 1. The normalized spacial score (nSPS) is 18.0. The minimum absolute atomic E-state index is 0.155. The predicted molar refractivity (Wildman–Crippen MR) is 75.2 cm³/mol. The number of anilines is 1. The molecular weight excluding hydrogens is 242 g/mol. The van der Waals surface area contributed by atoms with Crippen LogP contribution in [0.2, 0.25) is 0 Å². The maximum absolute atomic E-state index is 5.69. The SMILES string of the molecule is CNC1CCN(c2n[nH]c(COC(C)(C)C)n2)CC1. The Balaban J connectivity index is 1.87. The molecular formula is C13H25N5O. The van der Waals surface area contributed by atoms with Gasteiger partial charge in [-0.25, -0.2) is 0 Å². The molecule has 1 aliphatic rings. The third-order valence-electron chi connectivity index (χ3n) is 3.35. The molecule has 0 unspecified atom stereocenters. The number of ether oxygens (including phenoxy) is 1. The van der Waals surface area contributed by atoms with Gasteiger partial charge in [0.1, 0.15) is 6.61 Å². The minimum Gasteiger partial charge on any atom is -0.368 e. The van der Waals surface area contributed by atoms with Crippen molar-refractivity contribution >= 4 is 5.95 Å². The van der Waals surface area contributed by atoms with Gasteiger partial charge < -0.3 is 15.0 Å². The van der Waals surface area contributed by atoms with Crippen molar-refractivity contribution in [2.75, 3.05) is 25.0 Å². The van der Waals surface area contributed by atoms with Gasteiger partial charge in [-0.05, 0) is 40.7 Å². The van der Waals surface area contributed by atoms with Gasteiger partial charge in [0.2, 0.25) is 5.95 Å². The van der Waals surface area contributed by atoms with Gasteiger partial charge in [-0.3, -0.25) is 5.10 Å². The lowest BCUT2D eigenvalue weighted by molar-refractivity contribution is -0.0179. The molecule has 1 aromatic heterocycles. The second kappa shape index (κ2) is 5.88. The van der Waals surface area contributed by atoms with Crippen LogP contribution in [0.15, 0.2) is 0 Å². The van der Waals surface area contributed by atoms with Crippen LogP contribution in [0, 0.1) is 0 Å². The minimum atomic E-state index is -0.155. The van der Waals surface area contributed by atoms with Gasteiger partial charge in [0.25, 0.3) is 0 Å². The van der Waals surface area contributed by atoms with Crippen molar-refractivity contribution in [1.29, 1.82) is 0 Å². The van der Waals surface area contributed by atoms with E-state index >= 15 is 0 Å². The molecule has 108 valence electrons. The molecule has 0 atom stereocenters. The zero-order chi connectivity index (χ0) is 13.9. The highest BCUT2D eigenvalue weighted by atomic mass is 16.5. The lowest BCUT2D eigenvalue weighted by atomic mass is 10.1. The molecule has 1 aromatic rings. The van der Waals surface area contributed by atoms with Gasteiger partial charge in [-0.1, -0.05) is 0 Å². The van der Waals surface area contributed by atoms with Crippen LogP contribution in [-0.2, 0) is 11.3 Å². The monoisotopic (exact) mass is 267 g/mol. The molecule has 0 amide bonds. The summed E-state index contributed by atoms with van der Waals surface area (Å²) >= 11 is 0. The Morgan fingerprint density at radius 1 is 1.37 bits per heavy atom. The Kier molecular flexibility index (Phi) is 4.42. The topological polar surface area (TPSA) is 66.1 Å². The van der Waals surface area contributed by atoms with Crippen molar-refractivity contribution in [1.82, 2.24) is 20.5 Å². The standard InChI is InChI=1S/C13H25N5O/c1-13(2,3)19-9-11-15-12(17-16-11)18-7-5-10(14-4)6-8-18/h10,14H,5-9H2,1-4H3,(H,15,16,17). The number of hydrogen-bond acceptors (Lipinski definition) is 5. The number of piperidine rings is 1. The van der Waals surface area contributed by atoms with Crippen LogP contribution in [0.1, 0.15) is 39.4 Å². The van der Waals surface area contributed by atoms with Crippen LogP contribution in [0.25, 0.3) is 0 Å². The van der Waals surface area contributed by atoms with Gasteiger partial charge in [-0.15, -0.1) is 5.10 Å². The van der Waals surface area contributed by atoms with E-state index in [1.54, 1.807) is 0 Å². The van der Waals surface area contributed by atoms with Gasteiger partial charge in [0.15, 0.2) is 5.82 Å². The van der Waals surface area contributed by atoms with Crippen LogP contribution in [0.4, 0.5) is 5.95 Å². The molecule has 0 spiro atoms. The summed E-state index contributed by atoms with van der Waals surface area (Å²) in [6.07, 6.45) is 2.28. The summed E-state index contributed by atoms with van der Waals surface area (Å²) in [6.45, 7) is 8.59. The fourth-order valence-corrected chi connectivity index (χ4v) is 2.14. The molecule has 6 heteroatoms. The first-order valence-corrected chi connectivity index (χ1v) is 6.95.